The highest BCUT2D eigenvalue weighted by Crippen LogP contribution is 2.36. The average molecular weight is 446 g/mol. The van der Waals surface area contributed by atoms with Gasteiger partial charge in [0, 0.05) is 31.9 Å². The first-order valence-corrected chi connectivity index (χ1v) is 10.2. The Hall–Kier alpha value is -2.10. The number of anilines is 1. The number of thiophene rings is 1. The van der Waals surface area contributed by atoms with Gasteiger partial charge in [-0.3, -0.25) is 14.5 Å². The number of hydrogen-bond donors (Lipinski definition) is 1. The fraction of sp³-hybridized carbons (Fsp3) is 0.368. The molecule has 1 N–H and O–H groups in total. The van der Waals surface area contributed by atoms with Crippen LogP contribution in [0, 0.1) is 0 Å². The molecule has 156 valence electrons. The molecule has 1 aliphatic heterocycles. The monoisotopic (exact) mass is 445 g/mol. The smallest absolute Gasteiger partial charge is 0.335 e. The van der Waals surface area contributed by atoms with E-state index in [-0.39, 0.29) is 11.6 Å². The maximum Gasteiger partial charge on any atom is 0.417 e. The van der Waals surface area contributed by atoms with Gasteiger partial charge in [0.1, 0.15) is 0 Å². The molecule has 1 saturated heterocycles. The highest BCUT2D eigenvalue weighted by molar-refractivity contribution is 7.12. The van der Waals surface area contributed by atoms with Crippen molar-refractivity contribution in [3.63, 3.8) is 0 Å². The second-order valence-corrected chi connectivity index (χ2v) is 8.02. The molecule has 1 atom stereocenters. The van der Waals surface area contributed by atoms with Crippen molar-refractivity contribution in [2.24, 2.45) is 0 Å². The third-order valence-corrected chi connectivity index (χ3v) is 5.99. The van der Waals surface area contributed by atoms with Gasteiger partial charge in [0.2, 0.25) is 5.91 Å². The van der Waals surface area contributed by atoms with Crippen molar-refractivity contribution in [3.05, 3.63) is 51.2 Å². The number of hydrogen-bond acceptors (Lipinski definition) is 4. The zero-order chi connectivity index (χ0) is 21.2. The topological polar surface area (TPSA) is 52.7 Å². The standard InChI is InChI=1S/C19H19ClF3N3O2S/c1-12(17(27)24-13-4-5-15(20)14(11-13)19(21,22)23)25-6-8-26(9-7-25)18(28)16-3-2-10-29-16/h2-5,10-12H,6-9H2,1H3,(H,24,27)/t12-/m0/s1. The number of carbonyl (C=O) groups excluding carboxylic acids is 2. The molecule has 0 saturated carbocycles. The molecule has 10 heteroatoms. The zero-order valence-corrected chi connectivity index (χ0v) is 17.1. The molecule has 2 amide bonds. The maximum absolute atomic E-state index is 13.0. The van der Waals surface area contributed by atoms with E-state index in [0.29, 0.717) is 31.1 Å². The van der Waals surface area contributed by atoms with E-state index in [1.165, 1.54) is 17.4 Å². The number of benzene rings is 1. The predicted octanol–water partition coefficient (Wildman–Crippen LogP) is 4.21. The lowest BCUT2D eigenvalue weighted by Gasteiger charge is -2.37. The first kappa shape index (κ1) is 21.6. The number of rotatable bonds is 4. The summed E-state index contributed by atoms with van der Waals surface area (Å²) in [6.45, 7) is 3.65. The van der Waals surface area contributed by atoms with Crippen LogP contribution in [0.1, 0.15) is 22.2 Å². The van der Waals surface area contributed by atoms with Gasteiger partial charge in [0.15, 0.2) is 0 Å². The molecule has 0 radical (unpaired) electrons. The molecule has 1 fully saturated rings. The van der Waals surface area contributed by atoms with E-state index in [0.717, 1.165) is 12.1 Å². The number of carbonyl (C=O) groups is 2. The summed E-state index contributed by atoms with van der Waals surface area (Å²) in [4.78, 5) is 29.2. The van der Waals surface area contributed by atoms with Gasteiger partial charge in [-0.05, 0) is 36.6 Å². The van der Waals surface area contributed by atoms with Gasteiger partial charge in [0.25, 0.3) is 5.91 Å². The highest BCUT2D eigenvalue weighted by atomic mass is 35.5. The Morgan fingerprint density at radius 1 is 1.17 bits per heavy atom. The van der Waals surface area contributed by atoms with E-state index in [2.05, 4.69) is 5.32 Å². The summed E-state index contributed by atoms with van der Waals surface area (Å²) >= 11 is 6.99. The molecular weight excluding hydrogens is 427 g/mol. The lowest BCUT2D eigenvalue weighted by molar-refractivity contribution is -0.137. The molecule has 0 aliphatic carbocycles. The van der Waals surface area contributed by atoms with Gasteiger partial charge in [0.05, 0.1) is 21.5 Å². The molecule has 1 aromatic heterocycles. The summed E-state index contributed by atoms with van der Waals surface area (Å²) in [5.74, 6) is -0.448. The van der Waals surface area contributed by atoms with Crippen LogP contribution in [-0.2, 0) is 11.0 Å². The van der Waals surface area contributed by atoms with Crippen LogP contribution < -0.4 is 5.32 Å². The predicted molar refractivity (Wildman–Crippen MR) is 106 cm³/mol. The van der Waals surface area contributed by atoms with Crippen molar-refractivity contribution in [1.29, 1.82) is 0 Å². The van der Waals surface area contributed by atoms with Gasteiger partial charge in [-0.1, -0.05) is 17.7 Å². The summed E-state index contributed by atoms with van der Waals surface area (Å²) < 4.78 is 38.9. The van der Waals surface area contributed by atoms with E-state index in [9.17, 15) is 22.8 Å². The fourth-order valence-electron chi connectivity index (χ4n) is 3.10. The number of nitrogens with zero attached hydrogens (tertiary/aromatic N) is 2. The Morgan fingerprint density at radius 3 is 2.45 bits per heavy atom. The van der Waals surface area contributed by atoms with Crippen molar-refractivity contribution in [1.82, 2.24) is 9.80 Å². The van der Waals surface area contributed by atoms with Crippen LogP contribution in [0.15, 0.2) is 35.7 Å². The van der Waals surface area contributed by atoms with Gasteiger partial charge in [-0.25, -0.2) is 0 Å². The molecule has 0 unspecified atom stereocenters. The Bertz CT molecular complexity index is 881. The van der Waals surface area contributed by atoms with Gasteiger partial charge < -0.3 is 10.2 Å². The van der Waals surface area contributed by atoms with Crippen molar-refractivity contribution >= 4 is 40.4 Å². The van der Waals surface area contributed by atoms with E-state index < -0.39 is 28.7 Å². The number of nitrogens with one attached hydrogen (secondary N) is 1. The molecule has 3 rings (SSSR count). The molecule has 2 heterocycles. The fourth-order valence-corrected chi connectivity index (χ4v) is 4.02. The first-order valence-electron chi connectivity index (χ1n) is 8.91. The molecule has 1 aromatic carbocycles. The SMILES string of the molecule is C[C@@H](C(=O)Nc1ccc(Cl)c(C(F)(F)F)c1)N1CCN(C(=O)c2cccs2)CC1. The van der Waals surface area contributed by atoms with E-state index >= 15 is 0 Å². The number of halogens is 4. The Balaban J connectivity index is 1.58. The van der Waals surface area contributed by atoms with E-state index in [1.807, 2.05) is 16.3 Å². The first-order chi connectivity index (χ1) is 13.7. The second kappa shape index (κ2) is 8.73. The van der Waals surface area contributed by atoms with Gasteiger partial charge >= 0.3 is 6.18 Å². The van der Waals surface area contributed by atoms with Crippen LogP contribution in [0.5, 0.6) is 0 Å². The Kier molecular flexibility index (Phi) is 6.50. The zero-order valence-electron chi connectivity index (χ0n) is 15.5. The summed E-state index contributed by atoms with van der Waals surface area (Å²) in [5.41, 5.74) is -0.963. The van der Waals surface area contributed by atoms with Crippen molar-refractivity contribution in [3.8, 4) is 0 Å². The molecule has 0 spiro atoms. The highest BCUT2D eigenvalue weighted by Gasteiger charge is 2.34. The van der Waals surface area contributed by atoms with E-state index in [1.54, 1.807) is 17.9 Å². The Morgan fingerprint density at radius 2 is 1.86 bits per heavy atom. The lowest BCUT2D eigenvalue weighted by atomic mass is 10.1. The second-order valence-electron chi connectivity index (χ2n) is 6.66. The summed E-state index contributed by atoms with van der Waals surface area (Å²) in [5, 5.41) is 3.94. The minimum Gasteiger partial charge on any atom is -0.335 e. The van der Waals surface area contributed by atoms with Gasteiger partial charge in [-0.2, -0.15) is 13.2 Å². The molecule has 29 heavy (non-hydrogen) atoms. The van der Waals surface area contributed by atoms with Crippen molar-refractivity contribution in [2.45, 2.75) is 19.1 Å². The number of piperazine rings is 1. The molecule has 5 nitrogen and oxygen atoms in total. The molecular formula is C19H19ClF3N3O2S. The Labute approximate surface area is 175 Å². The number of alkyl halides is 3. The average Bonchev–Trinajstić information content (AvgIpc) is 3.22. The molecule has 0 bridgehead atoms. The van der Waals surface area contributed by atoms with Gasteiger partial charge in [-0.15, -0.1) is 11.3 Å². The minimum absolute atomic E-state index is 0.0300. The third kappa shape index (κ3) is 5.09. The normalized spacial score (nSPS) is 16.5. The van der Waals surface area contributed by atoms with Crippen LogP contribution in [0.2, 0.25) is 5.02 Å². The minimum atomic E-state index is -4.60. The molecule has 2 aromatic rings. The number of amides is 2. The van der Waals surface area contributed by atoms with Crippen LogP contribution in [0.25, 0.3) is 0 Å². The summed E-state index contributed by atoms with van der Waals surface area (Å²) in [7, 11) is 0. The van der Waals surface area contributed by atoms with Crippen LogP contribution in [0.3, 0.4) is 0 Å². The van der Waals surface area contributed by atoms with E-state index in [4.69, 9.17) is 11.6 Å². The largest absolute Gasteiger partial charge is 0.417 e. The summed E-state index contributed by atoms with van der Waals surface area (Å²) in [6, 6.07) is 6.31. The van der Waals surface area contributed by atoms with Crippen molar-refractivity contribution < 1.29 is 22.8 Å². The van der Waals surface area contributed by atoms with Crippen LogP contribution in [-0.4, -0.2) is 53.8 Å². The quantitative estimate of drug-likeness (QED) is 0.767. The molecule has 1 aliphatic rings. The third-order valence-electron chi connectivity index (χ3n) is 4.80. The lowest BCUT2D eigenvalue weighted by Crippen LogP contribution is -2.53. The maximum atomic E-state index is 13.0. The van der Waals surface area contributed by atoms with Crippen LogP contribution in [0.4, 0.5) is 18.9 Å². The van der Waals surface area contributed by atoms with Crippen LogP contribution >= 0.6 is 22.9 Å². The van der Waals surface area contributed by atoms with Crippen molar-refractivity contribution in [2.75, 3.05) is 31.5 Å². The summed E-state index contributed by atoms with van der Waals surface area (Å²) in [6.07, 6.45) is -4.60.